The van der Waals surface area contributed by atoms with Crippen LogP contribution < -0.4 is 4.72 Å². The molecule has 0 radical (unpaired) electrons. The Kier molecular flexibility index (Phi) is 4.25. The Morgan fingerprint density at radius 2 is 2.25 bits per heavy atom. The summed E-state index contributed by atoms with van der Waals surface area (Å²) < 4.78 is 26.0. The summed E-state index contributed by atoms with van der Waals surface area (Å²) in [4.78, 5) is 10.5. The van der Waals surface area contributed by atoms with Gasteiger partial charge in [0.15, 0.2) is 0 Å². The van der Waals surface area contributed by atoms with Crippen molar-refractivity contribution in [2.24, 2.45) is 0 Å². The number of hydrogen-bond donors (Lipinski definition) is 2. The number of aromatic carboxylic acids is 1. The number of carbonyl (C=O) groups is 1. The average molecular weight is 326 g/mol. The summed E-state index contributed by atoms with van der Waals surface area (Å²) in [6.07, 6.45) is 0. The summed E-state index contributed by atoms with van der Waals surface area (Å²) in [5, 5.41) is 9.94. The van der Waals surface area contributed by atoms with Crippen LogP contribution in [0.4, 0.5) is 0 Å². The maximum Gasteiger partial charge on any atom is 0.345 e. The highest BCUT2D eigenvalue weighted by Gasteiger charge is 2.17. The van der Waals surface area contributed by atoms with Crippen LogP contribution >= 0.6 is 27.3 Å². The van der Waals surface area contributed by atoms with Gasteiger partial charge in [0, 0.05) is 16.4 Å². The van der Waals surface area contributed by atoms with Gasteiger partial charge in [-0.1, -0.05) is 22.5 Å². The van der Waals surface area contributed by atoms with Crippen LogP contribution in [-0.2, 0) is 10.0 Å². The average Bonchev–Trinajstić information content (AvgIpc) is 2.64. The first-order chi connectivity index (χ1) is 7.33. The van der Waals surface area contributed by atoms with Gasteiger partial charge in [0.2, 0.25) is 10.0 Å². The molecule has 1 aromatic rings. The molecule has 2 N–H and O–H groups in total. The molecule has 1 rings (SSSR count). The highest BCUT2D eigenvalue weighted by molar-refractivity contribution is 9.11. The van der Waals surface area contributed by atoms with Crippen LogP contribution in [0, 0.1) is 0 Å². The van der Waals surface area contributed by atoms with E-state index >= 15 is 0 Å². The zero-order valence-corrected chi connectivity index (χ0v) is 11.2. The van der Waals surface area contributed by atoms with Gasteiger partial charge in [-0.3, -0.25) is 0 Å². The maximum absolute atomic E-state index is 11.6. The normalized spacial score (nSPS) is 11.3. The van der Waals surface area contributed by atoms with Crippen LogP contribution in [0.5, 0.6) is 0 Å². The van der Waals surface area contributed by atoms with E-state index in [0.717, 1.165) is 17.4 Å². The Balaban J connectivity index is 2.90. The summed E-state index contributed by atoms with van der Waals surface area (Å²) in [6, 6.07) is 1.12. The number of nitrogens with one attached hydrogen (secondary N) is 1. The van der Waals surface area contributed by atoms with Crippen molar-refractivity contribution in [1.29, 1.82) is 0 Å². The SMILES string of the molecule is C=C(Br)CNS(=O)(=O)c1csc(C(=O)O)c1. The summed E-state index contributed by atoms with van der Waals surface area (Å²) in [7, 11) is -3.66. The van der Waals surface area contributed by atoms with Crippen LogP contribution in [0.1, 0.15) is 9.67 Å². The monoisotopic (exact) mass is 325 g/mol. The Morgan fingerprint density at radius 1 is 1.62 bits per heavy atom. The molecule has 8 heteroatoms. The van der Waals surface area contributed by atoms with E-state index < -0.39 is 16.0 Å². The second-order valence-corrected chi connectivity index (χ2v) is 6.59. The molecule has 0 saturated carbocycles. The zero-order valence-electron chi connectivity index (χ0n) is 7.94. The standard InChI is InChI=1S/C8H8BrNO4S2/c1-5(9)3-10-16(13,14)6-2-7(8(11)12)15-4-6/h2,4,10H,1,3H2,(H,11,12). The van der Waals surface area contributed by atoms with Crippen LogP contribution in [0.2, 0.25) is 0 Å². The van der Waals surface area contributed by atoms with Crippen molar-refractivity contribution in [3.63, 3.8) is 0 Å². The lowest BCUT2D eigenvalue weighted by Gasteiger charge is -2.02. The molecular formula is C8H8BrNO4S2. The maximum atomic E-state index is 11.6. The Morgan fingerprint density at radius 3 is 2.69 bits per heavy atom. The van der Waals surface area contributed by atoms with Crippen molar-refractivity contribution in [2.75, 3.05) is 6.54 Å². The lowest BCUT2D eigenvalue weighted by atomic mass is 10.5. The number of halogens is 1. The summed E-state index contributed by atoms with van der Waals surface area (Å²) in [6.45, 7) is 3.54. The van der Waals surface area contributed by atoms with Crippen molar-refractivity contribution in [2.45, 2.75) is 4.90 Å². The van der Waals surface area contributed by atoms with E-state index in [2.05, 4.69) is 27.2 Å². The quantitative estimate of drug-likeness (QED) is 0.861. The highest BCUT2D eigenvalue weighted by Crippen LogP contribution is 2.19. The molecule has 0 aliphatic rings. The number of carboxylic acids is 1. The van der Waals surface area contributed by atoms with Crippen LogP contribution in [0.25, 0.3) is 0 Å². The molecule has 88 valence electrons. The molecule has 0 aromatic carbocycles. The molecule has 0 bridgehead atoms. The minimum atomic E-state index is -3.66. The molecule has 16 heavy (non-hydrogen) atoms. The molecule has 0 fully saturated rings. The van der Waals surface area contributed by atoms with E-state index in [4.69, 9.17) is 5.11 Å². The summed E-state index contributed by atoms with van der Waals surface area (Å²) in [5.41, 5.74) is 0. The van der Waals surface area contributed by atoms with Gasteiger partial charge < -0.3 is 5.11 Å². The number of thiophene rings is 1. The lowest BCUT2D eigenvalue weighted by molar-refractivity contribution is 0.0702. The number of sulfonamides is 1. The largest absolute Gasteiger partial charge is 0.477 e. The molecule has 0 aliphatic heterocycles. The molecule has 0 amide bonds. The van der Waals surface area contributed by atoms with Gasteiger partial charge in [-0.15, -0.1) is 11.3 Å². The predicted octanol–water partition coefficient (Wildman–Crippen LogP) is 1.63. The Bertz CT molecular complexity index is 520. The molecule has 0 aliphatic carbocycles. The van der Waals surface area contributed by atoms with E-state index in [1.165, 1.54) is 5.38 Å². The van der Waals surface area contributed by atoms with Crippen molar-refractivity contribution in [1.82, 2.24) is 4.72 Å². The molecule has 5 nitrogen and oxygen atoms in total. The Labute approximate surface area is 105 Å². The topological polar surface area (TPSA) is 83.5 Å². The highest BCUT2D eigenvalue weighted by atomic mass is 79.9. The molecule has 0 atom stereocenters. The summed E-state index contributed by atoms with van der Waals surface area (Å²) >= 11 is 3.88. The smallest absolute Gasteiger partial charge is 0.345 e. The van der Waals surface area contributed by atoms with E-state index in [-0.39, 0.29) is 16.3 Å². The van der Waals surface area contributed by atoms with Crippen molar-refractivity contribution in [3.8, 4) is 0 Å². The van der Waals surface area contributed by atoms with Gasteiger partial charge in [0.25, 0.3) is 0 Å². The fourth-order valence-corrected chi connectivity index (χ4v) is 3.29. The first kappa shape index (κ1) is 13.4. The fraction of sp³-hybridized carbons (Fsp3) is 0.125. The van der Waals surface area contributed by atoms with Gasteiger partial charge in [-0.05, 0) is 6.07 Å². The number of carboxylic acid groups (broad SMARTS) is 1. The molecular weight excluding hydrogens is 318 g/mol. The van der Waals surface area contributed by atoms with Gasteiger partial charge in [0.05, 0.1) is 4.90 Å². The van der Waals surface area contributed by atoms with Gasteiger partial charge in [-0.25, -0.2) is 17.9 Å². The zero-order chi connectivity index (χ0) is 12.3. The first-order valence-corrected chi connectivity index (χ1v) is 7.13. The van der Waals surface area contributed by atoms with E-state index in [9.17, 15) is 13.2 Å². The van der Waals surface area contributed by atoms with Crippen LogP contribution in [0.3, 0.4) is 0 Å². The van der Waals surface area contributed by atoms with Gasteiger partial charge in [0.1, 0.15) is 4.88 Å². The first-order valence-electron chi connectivity index (χ1n) is 3.97. The molecule has 1 heterocycles. The third kappa shape index (κ3) is 3.41. The number of hydrogen-bond acceptors (Lipinski definition) is 4. The van der Waals surface area contributed by atoms with E-state index in [1.807, 2.05) is 0 Å². The minimum absolute atomic E-state index is 0.0157. The van der Waals surface area contributed by atoms with Crippen molar-refractivity contribution in [3.05, 3.63) is 27.4 Å². The minimum Gasteiger partial charge on any atom is -0.477 e. The van der Waals surface area contributed by atoms with Crippen LogP contribution in [-0.4, -0.2) is 26.0 Å². The lowest BCUT2D eigenvalue weighted by Crippen LogP contribution is -2.24. The molecule has 0 saturated heterocycles. The molecule has 0 unspecified atom stereocenters. The third-order valence-corrected chi connectivity index (χ3v) is 4.28. The molecule has 0 spiro atoms. The number of rotatable bonds is 5. The van der Waals surface area contributed by atoms with E-state index in [0.29, 0.717) is 4.48 Å². The van der Waals surface area contributed by atoms with Crippen molar-refractivity contribution >= 4 is 43.3 Å². The second kappa shape index (κ2) is 5.09. The van der Waals surface area contributed by atoms with Crippen molar-refractivity contribution < 1.29 is 18.3 Å². The second-order valence-electron chi connectivity index (χ2n) is 2.79. The third-order valence-electron chi connectivity index (χ3n) is 1.55. The fourth-order valence-electron chi connectivity index (χ4n) is 0.829. The Hall–Kier alpha value is -0.700. The summed E-state index contributed by atoms with van der Waals surface area (Å²) in [5.74, 6) is -1.14. The predicted molar refractivity (Wildman–Crippen MR) is 64.5 cm³/mol. The van der Waals surface area contributed by atoms with Gasteiger partial charge >= 0.3 is 5.97 Å². The molecule has 1 aromatic heterocycles. The van der Waals surface area contributed by atoms with E-state index in [1.54, 1.807) is 0 Å². The van der Waals surface area contributed by atoms with Crippen LogP contribution in [0.15, 0.2) is 27.4 Å². The van der Waals surface area contributed by atoms with Gasteiger partial charge in [-0.2, -0.15) is 0 Å².